The zero-order valence-electron chi connectivity index (χ0n) is 9.57. The number of rotatable bonds is 5. The van der Waals surface area contributed by atoms with Crippen LogP contribution >= 0.6 is 23.1 Å². The maximum atomic E-state index is 11.7. The zero-order chi connectivity index (χ0) is 13.7. The summed E-state index contributed by atoms with van der Waals surface area (Å²) in [5.41, 5.74) is -0.267. The highest BCUT2D eigenvalue weighted by Gasteiger charge is 2.15. The highest BCUT2D eigenvalue weighted by molar-refractivity contribution is 8.01. The maximum absolute atomic E-state index is 11.7. The summed E-state index contributed by atoms with van der Waals surface area (Å²) >= 11 is 2.92. The van der Waals surface area contributed by atoms with Crippen LogP contribution in [0.3, 0.4) is 0 Å². The first-order valence-corrected chi connectivity index (χ1v) is 7.04. The minimum atomic E-state index is -1.23. The number of anilines is 1. The Bertz CT molecular complexity index is 587. The molecule has 0 aliphatic heterocycles. The summed E-state index contributed by atoms with van der Waals surface area (Å²) in [6, 6.07) is 3.81. The summed E-state index contributed by atoms with van der Waals surface area (Å²) in [4.78, 5) is 30.0. The predicted octanol–water partition coefficient (Wildman–Crippen LogP) is 1.97. The number of nitrogens with one attached hydrogen (secondary N) is 1. The minimum absolute atomic E-state index is 0.0354. The first-order valence-electron chi connectivity index (χ1n) is 5.17. The molecule has 0 aromatic carbocycles. The smallest absolute Gasteiger partial charge is 0.358 e. The van der Waals surface area contributed by atoms with Crippen LogP contribution in [0.25, 0.3) is 0 Å². The van der Waals surface area contributed by atoms with E-state index in [-0.39, 0.29) is 23.2 Å². The summed E-state index contributed by atoms with van der Waals surface area (Å²) in [6.45, 7) is 0. The molecule has 98 valence electrons. The van der Waals surface area contributed by atoms with E-state index < -0.39 is 5.97 Å². The van der Waals surface area contributed by atoms with Crippen molar-refractivity contribution in [3.05, 3.63) is 35.6 Å². The van der Waals surface area contributed by atoms with Crippen molar-refractivity contribution in [3.63, 3.8) is 0 Å². The van der Waals surface area contributed by atoms with Gasteiger partial charge in [0, 0.05) is 12.4 Å². The van der Waals surface area contributed by atoms with Gasteiger partial charge in [-0.1, -0.05) is 6.07 Å². The summed E-state index contributed by atoms with van der Waals surface area (Å²) in [5.74, 6) is -1.39. The molecule has 2 rings (SSSR count). The average Bonchev–Trinajstić information content (AvgIpc) is 2.90. The topological polar surface area (TPSA) is 92.2 Å². The lowest BCUT2D eigenvalue weighted by molar-refractivity contribution is -0.113. The summed E-state index contributed by atoms with van der Waals surface area (Å²) in [6.07, 6.45) is 2.59. The van der Waals surface area contributed by atoms with E-state index in [1.54, 1.807) is 11.3 Å². The van der Waals surface area contributed by atoms with Gasteiger partial charge in [-0.25, -0.2) is 14.8 Å². The molecule has 6 nitrogen and oxygen atoms in total. The second-order valence-electron chi connectivity index (χ2n) is 3.33. The molecule has 19 heavy (non-hydrogen) atoms. The fraction of sp³-hybridized carbons (Fsp3) is 0.0909. The number of hydrogen-bond donors (Lipinski definition) is 2. The standard InChI is InChI=1S/C11H9N3O3S2/c15-7(6-19-8-2-1-5-18-8)14-10-9(11(16)17)12-3-4-13-10/h1-5H,6H2,(H,16,17)(H,13,14,15). The van der Waals surface area contributed by atoms with Crippen molar-refractivity contribution in [2.45, 2.75) is 4.21 Å². The predicted molar refractivity (Wildman–Crippen MR) is 72.7 cm³/mol. The number of aromatic carboxylic acids is 1. The van der Waals surface area contributed by atoms with Gasteiger partial charge in [0.1, 0.15) is 0 Å². The Labute approximate surface area is 116 Å². The van der Waals surface area contributed by atoms with Gasteiger partial charge >= 0.3 is 5.97 Å². The monoisotopic (exact) mass is 295 g/mol. The van der Waals surface area contributed by atoms with Gasteiger partial charge in [-0.05, 0) is 11.4 Å². The van der Waals surface area contributed by atoms with Crippen molar-refractivity contribution in [2.24, 2.45) is 0 Å². The molecule has 0 saturated heterocycles. The molecular formula is C11H9N3O3S2. The molecule has 0 bridgehead atoms. The Balaban J connectivity index is 1.97. The third kappa shape index (κ3) is 3.76. The van der Waals surface area contributed by atoms with Crippen LogP contribution in [0, 0.1) is 0 Å². The number of thioether (sulfide) groups is 1. The van der Waals surface area contributed by atoms with Gasteiger partial charge < -0.3 is 10.4 Å². The molecule has 0 aliphatic carbocycles. The van der Waals surface area contributed by atoms with Crippen molar-refractivity contribution in [1.29, 1.82) is 0 Å². The van der Waals surface area contributed by atoms with Crippen LogP contribution in [-0.4, -0.2) is 32.7 Å². The lowest BCUT2D eigenvalue weighted by atomic mass is 10.4. The van der Waals surface area contributed by atoms with Crippen LogP contribution in [0.2, 0.25) is 0 Å². The second-order valence-corrected chi connectivity index (χ2v) is 5.55. The van der Waals surface area contributed by atoms with E-state index in [9.17, 15) is 9.59 Å². The van der Waals surface area contributed by atoms with Gasteiger partial charge in [-0.15, -0.1) is 23.1 Å². The van der Waals surface area contributed by atoms with Gasteiger partial charge in [-0.2, -0.15) is 0 Å². The van der Waals surface area contributed by atoms with Crippen molar-refractivity contribution in [2.75, 3.05) is 11.1 Å². The highest BCUT2D eigenvalue weighted by atomic mass is 32.2. The van der Waals surface area contributed by atoms with E-state index in [0.29, 0.717) is 0 Å². The minimum Gasteiger partial charge on any atom is -0.476 e. The van der Waals surface area contributed by atoms with Crippen LogP contribution in [0.5, 0.6) is 0 Å². The van der Waals surface area contributed by atoms with E-state index in [2.05, 4.69) is 15.3 Å². The number of hydrogen-bond acceptors (Lipinski definition) is 6. The molecule has 2 N–H and O–H groups in total. The van der Waals surface area contributed by atoms with Gasteiger partial charge in [0.2, 0.25) is 5.91 Å². The van der Waals surface area contributed by atoms with Gasteiger partial charge in [-0.3, -0.25) is 4.79 Å². The molecule has 2 heterocycles. The van der Waals surface area contributed by atoms with Crippen LogP contribution in [0.4, 0.5) is 5.82 Å². The van der Waals surface area contributed by atoms with Crippen LogP contribution in [-0.2, 0) is 4.79 Å². The number of carboxylic acid groups (broad SMARTS) is 1. The van der Waals surface area contributed by atoms with E-state index in [4.69, 9.17) is 5.11 Å². The van der Waals surface area contributed by atoms with Crippen molar-refractivity contribution >= 4 is 40.8 Å². The van der Waals surface area contributed by atoms with Gasteiger partial charge in [0.25, 0.3) is 0 Å². The Morgan fingerprint density at radius 1 is 1.37 bits per heavy atom. The normalized spacial score (nSPS) is 10.1. The number of amides is 1. The molecule has 2 aromatic rings. The third-order valence-electron chi connectivity index (χ3n) is 2.00. The van der Waals surface area contributed by atoms with E-state index in [1.807, 2.05) is 17.5 Å². The lowest BCUT2D eigenvalue weighted by Gasteiger charge is -2.05. The summed E-state index contributed by atoms with van der Waals surface area (Å²) in [7, 11) is 0. The first kappa shape index (κ1) is 13.5. The Kier molecular flexibility index (Phi) is 4.48. The first-order chi connectivity index (χ1) is 9.16. The molecule has 0 aliphatic rings. The Morgan fingerprint density at radius 3 is 2.84 bits per heavy atom. The third-order valence-corrected chi connectivity index (χ3v) is 4.13. The number of carbonyl (C=O) groups excluding carboxylic acids is 1. The fourth-order valence-electron chi connectivity index (χ4n) is 1.24. The number of thiophene rings is 1. The van der Waals surface area contributed by atoms with Crippen molar-refractivity contribution in [1.82, 2.24) is 9.97 Å². The molecule has 2 aromatic heterocycles. The average molecular weight is 295 g/mol. The van der Waals surface area contributed by atoms with Crippen molar-refractivity contribution < 1.29 is 14.7 Å². The SMILES string of the molecule is O=C(CSc1cccs1)Nc1nccnc1C(=O)O. The number of nitrogens with zero attached hydrogens (tertiary/aromatic N) is 2. The molecule has 1 amide bonds. The van der Waals surface area contributed by atoms with Gasteiger partial charge in [0.15, 0.2) is 11.5 Å². The summed E-state index contributed by atoms with van der Waals surface area (Å²) < 4.78 is 1.02. The van der Waals surface area contributed by atoms with Crippen LogP contribution < -0.4 is 5.32 Å². The van der Waals surface area contributed by atoms with E-state index in [0.717, 1.165) is 4.21 Å². The Hall–Kier alpha value is -1.93. The van der Waals surface area contributed by atoms with E-state index in [1.165, 1.54) is 24.2 Å². The molecule has 8 heteroatoms. The molecule has 0 fully saturated rings. The maximum Gasteiger partial charge on any atom is 0.358 e. The Morgan fingerprint density at radius 2 is 2.16 bits per heavy atom. The molecule has 0 radical (unpaired) electrons. The molecule has 0 saturated carbocycles. The molecule has 0 unspecified atom stereocenters. The molecular weight excluding hydrogens is 286 g/mol. The number of carboxylic acids is 1. The summed E-state index contributed by atoms with van der Waals surface area (Å²) in [5, 5.41) is 13.3. The molecule has 0 spiro atoms. The van der Waals surface area contributed by atoms with Crippen LogP contribution in [0.1, 0.15) is 10.5 Å². The largest absolute Gasteiger partial charge is 0.476 e. The lowest BCUT2D eigenvalue weighted by Crippen LogP contribution is -2.18. The zero-order valence-corrected chi connectivity index (χ0v) is 11.2. The van der Waals surface area contributed by atoms with Gasteiger partial charge in [0.05, 0.1) is 9.96 Å². The molecule has 0 atom stereocenters. The van der Waals surface area contributed by atoms with Crippen LogP contribution in [0.15, 0.2) is 34.1 Å². The second kappa shape index (κ2) is 6.30. The quantitative estimate of drug-likeness (QED) is 0.819. The highest BCUT2D eigenvalue weighted by Crippen LogP contribution is 2.23. The number of aromatic nitrogens is 2. The van der Waals surface area contributed by atoms with Crippen molar-refractivity contribution in [3.8, 4) is 0 Å². The van der Waals surface area contributed by atoms with E-state index >= 15 is 0 Å². The number of carbonyl (C=O) groups is 2. The fourth-order valence-corrected chi connectivity index (χ4v) is 2.82.